The first-order chi connectivity index (χ1) is 27.3. The van der Waals surface area contributed by atoms with Gasteiger partial charge in [0.25, 0.3) is 0 Å². The second-order valence-electron chi connectivity index (χ2n) is 16.9. The summed E-state index contributed by atoms with van der Waals surface area (Å²) in [6.07, 6.45) is -0.697. The second-order valence-corrected chi connectivity index (χ2v) is 16.9. The molecule has 5 rings (SSSR count). The fourth-order valence-corrected chi connectivity index (χ4v) is 6.99. The number of likely N-dealkylation sites (tertiary alicyclic amines) is 2. The number of carbonyl (C=O) groups excluding carboxylic acids is 6. The number of alkyl carbamates (subject to hydrolysis) is 1. The largest absolute Gasteiger partial charge is 0.444 e. The molecule has 5 atom stereocenters. The molecule has 2 aromatic carbocycles. The third-order valence-corrected chi connectivity index (χ3v) is 9.65. The highest BCUT2D eigenvalue weighted by Gasteiger charge is 2.48. The van der Waals surface area contributed by atoms with Crippen molar-refractivity contribution in [2.24, 2.45) is 0 Å². The molecule has 2 saturated heterocycles. The number of aliphatic hydroxyl groups is 1. The Morgan fingerprint density at radius 3 is 2.16 bits per heavy atom. The molecule has 2 aliphatic heterocycles. The van der Waals surface area contributed by atoms with Gasteiger partial charge in [-0.1, -0.05) is 48.5 Å². The highest BCUT2D eigenvalue weighted by molar-refractivity contribution is 6.00. The van der Waals surface area contributed by atoms with Gasteiger partial charge in [0.15, 0.2) is 0 Å². The van der Waals surface area contributed by atoms with E-state index in [2.05, 4.69) is 20.9 Å². The lowest BCUT2D eigenvalue weighted by Gasteiger charge is -2.32. The van der Waals surface area contributed by atoms with Crippen LogP contribution < -0.4 is 16.0 Å². The van der Waals surface area contributed by atoms with E-state index in [0.29, 0.717) is 12.1 Å². The summed E-state index contributed by atoms with van der Waals surface area (Å²) < 4.78 is 10.9. The second kappa shape index (κ2) is 18.2. The quantitative estimate of drug-likeness (QED) is 0.222. The van der Waals surface area contributed by atoms with Crippen LogP contribution in [0.25, 0.3) is 10.9 Å². The molecule has 0 unspecified atom stereocenters. The van der Waals surface area contributed by atoms with E-state index in [9.17, 15) is 33.9 Å². The summed E-state index contributed by atoms with van der Waals surface area (Å²) in [6, 6.07) is 14.9. The van der Waals surface area contributed by atoms with E-state index in [1.165, 1.54) is 23.0 Å². The monoisotopic (exact) mass is 801 g/mol. The zero-order valence-corrected chi connectivity index (χ0v) is 34.2. The number of pyridine rings is 1. The summed E-state index contributed by atoms with van der Waals surface area (Å²) in [6.45, 7) is 9.59. The highest BCUT2D eigenvalue weighted by atomic mass is 16.6. The Morgan fingerprint density at radius 1 is 0.845 bits per heavy atom. The van der Waals surface area contributed by atoms with E-state index < -0.39 is 83.8 Å². The minimum absolute atomic E-state index is 0.0113. The van der Waals surface area contributed by atoms with Crippen LogP contribution in [0.5, 0.6) is 0 Å². The first-order valence-corrected chi connectivity index (χ1v) is 19.5. The minimum atomic E-state index is -1.34. The predicted molar refractivity (Wildman–Crippen MR) is 215 cm³/mol. The minimum Gasteiger partial charge on any atom is -0.444 e. The van der Waals surface area contributed by atoms with Crippen molar-refractivity contribution in [1.29, 1.82) is 0 Å². The van der Waals surface area contributed by atoms with Gasteiger partial charge in [-0.05, 0) is 84.9 Å². The van der Waals surface area contributed by atoms with Crippen LogP contribution in [-0.2, 0) is 35.1 Å². The lowest BCUT2D eigenvalue weighted by Crippen LogP contribution is -2.53. The van der Waals surface area contributed by atoms with Gasteiger partial charge in [0.1, 0.15) is 35.9 Å². The number of aliphatic hydroxyl groups excluding tert-OH is 1. The molecule has 58 heavy (non-hydrogen) atoms. The molecular weight excluding hydrogens is 747 g/mol. The molecule has 3 aromatic rings. The molecule has 2 aliphatic rings. The van der Waals surface area contributed by atoms with Crippen molar-refractivity contribution >= 4 is 52.4 Å². The van der Waals surface area contributed by atoms with Crippen LogP contribution in [-0.4, -0.2) is 129 Å². The third kappa shape index (κ3) is 11.9. The van der Waals surface area contributed by atoms with Crippen molar-refractivity contribution < 1.29 is 43.3 Å². The van der Waals surface area contributed by atoms with Gasteiger partial charge in [-0.25, -0.2) is 9.59 Å². The van der Waals surface area contributed by atoms with Crippen molar-refractivity contribution in [2.75, 3.05) is 32.0 Å². The van der Waals surface area contributed by atoms with Crippen LogP contribution in [0.3, 0.4) is 0 Å². The molecular formula is C42H55N7O9. The summed E-state index contributed by atoms with van der Waals surface area (Å²) in [5, 5.41) is 20.0. The van der Waals surface area contributed by atoms with Crippen LogP contribution in [0.15, 0.2) is 66.9 Å². The number of anilines is 1. The number of likely N-dealkylation sites (N-methyl/N-ethyl adjacent to an activating group) is 1. The number of carbonyl (C=O) groups is 6. The molecule has 0 saturated carbocycles. The van der Waals surface area contributed by atoms with E-state index in [-0.39, 0.29) is 32.4 Å². The lowest BCUT2D eigenvalue weighted by molar-refractivity contribution is -0.146. The highest BCUT2D eigenvalue weighted by Crippen LogP contribution is 2.28. The van der Waals surface area contributed by atoms with Crippen LogP contribution >= 0.6 is 0 Å². The van der Waals surface area contributed by atoms with Crippen LogP contribution in [0.2, 0.25) is 0 Å². The normalized spacial score (nSPS) is 19.9. The van der Waals surface area contributed by atoms with Gasteiger partial charge in [-0.2, -0.15) is 0 Å². The summed E-state index contributed by atoms with van der Waals surface area (Å²) in [5.41, 5.74) is 0.448. The van der Waals surface area contributed by atoms with Gasteiger partial charge in [-0.3, -0.25) is 24.2 Å². The summed E-state index contributed by atoms with van der Waals surface area (Å²) in [7, 11) is 1.40. The molecule has 312 valence electrons. The van der Waals surface area contributed by atoms with Crippen LogP contribution in [0.1, 0.15) is 66.4 Å². The maximum absolute atomic E-state index is 14.7. The van der Waals surface area contributed by atoms with Crippen molar-refractivity contribution in [3.05, 3.63) is 72.4 Å². The van der Waals surface area contributed by atoms with Crippen molar-refractivity contribution in [1.82, 2.24) is 30.3 Å². The maximum Gasteiger partial charge on any atom is 0.410 e. The number of ether oxygens (including phenoxy) is 2. The number of hydrogen-bond donors (Lipinski definition) is 4. The predicted octanol–water partition coefficient (Wildman–Crippen LogP) is 3.61. The lowest BCUT2D eigenvalue weighted by atomic mass is 10.1. The number of hydrogen-bond acceptors (Lipinski definition) is 10. The molecule has 16 nitrogen and oxygen atoms in total. The number of para-hydroxylation sites is 1. The fourth-order valence-electron chi connectivity index (χ4n) is 6.99. The van der Waals surface area contributed by atoms with E-state index in [4.69, 9.17) is 9.47 Å². The Kier molecular flexibility index (Phi) is 13.6. The molecule has 3 heterocycles. The Bertz CT molecular complexity index is 1980. The molecule has 0 radical (unpaired) electrons. The first kappa shape index (κ1) is 43.4. The molecule has 2 fully saturated rings. The summed E-state index contributed by atoms with van der Waals surface area (Å²) in [5.74, 6) is -2.37. The van der Waals surface area contributed by atoms with Crippen LogP contribution in [0, 0.1) is 0 Å². The van der Waals surface area contributed by atoms with Gasteiger partial charge in [0.05, 0.1) is 23.4 Å². The van der Waals surface area contributed by atoms with Gasteiger partial charge in [0, 0.05) is 31.6 Å². The topological polar surface area (TPSA) is 200 Å². The average Bonchev–Trinajstić information content (AvgIpc) is 3.77. The SMILES string of the molecule is CN(CC(=O)N1C[C@H](NC(=O)OC(C)(C)C)C[C@H]1C(=O)N1C[C@H](NC(=O)[C@H](O)CCc2ccccc2)C[C@H]1C(=O)Nc1cnc2ccccc2c1)C(=O)OC(C)(C)C. The molecule has 16 heteroatoms. The third-order valence-electron chi connectivity index (χ3n) is 9.65. The molecule has 0 aliphatic carbocycles. The van der Waals surface area contributed by atoms with Gasteiger partial charge in [-0.15, -0.1) is 0 Å². The van der Waals surface area contributed by atoms with Gasteiger partial charge in [0.2, 0.25) is 23.6 Å². The smallest absolute Gasteiger partial charge is 0.410 e. The van der Waals surface area contributed by atoms with Gasteiger partial charge >= 0.3 is 12.2 Å². The zero-order valence-electron chi connectivity index (χ0n) is 34.2. The number of aryl methyl sites for hydroxylation is 1. The first-order valence-electron chi connectivity index (χ1n) is 19.5. The Labute approximate surface area is 338 Å². The van der Waals surface area contributed by atoms with Crippen molar-refractivity contribution in [3.8, 4) is 0 Å². The van der Waals surface area contributed by atoms with E-state index in [1.54, 1.807) is 47.6 Å². The molecule has 6 amide bonds. The number of nitrogens with zero attached hydrogens (tertiary/aromatic N) is 4. The average molecular weight is 802 g/mol. The van der Waals surface area contributed by atoms with Crippen molar-refractivity contribution in [2.45, 2.75) is 109 Å². The van der Waals surface area contributed by atoms with E-state index in [0.717, 1.165) is 21.4 Å². The van der Waals surface area contributed by atoms with Crippen LogP contribution in [0.4, 0.5) is 15.3 Å². The summed E-state index contributed by atoms with van der Waals surface area (Å²) >= 11 is 0. The van der Waals surface area contributed by atoms with E-state index >= 15 is 0 Å². The molecule has 0 bridgehead atoms. The number of nitrogens with one attached hydrogen (secondary N) is 3. The number of rotatable bonds is 11. The Balaban J connectivity index is 1.38. The van der Waals surface area contributed by atoms with Crippen molar-refractivity contribution in [3.63, 3.8) is 0 Å². The summed E-state index contributed by atoms with van der Waals surface area (Å²) in [4.78, 5) is 89.7. The number of amides is 6. The fraction of sp³-hybridized carbons (Fsp3) is 0.500. The molecule has 4 N–H and O–H groups in total. The van der Waals surface area contributed by atoms with E-state index in [1.807, 2.05) is 54.6 Å². The Morgan fingerprint density at radius 2 is 1.47 bits per heavy atom. The van der Waals surface area contributed by atoms with Gasteiger partial charge < -0.3 is 45.2 Å². The zero-order chi connectivity index (χ0) is 42.4. The molecule has 1 aromatic heterocycles. The number of aromatic nitrogens is 1. The Hall–Kier alpha value is -5.77. The standard InChI is InChI=1S/C42H55N7O9/c1-41(2,3)57-39(55)46-30-21-33(48(23-30)35(51)25-47(7)40(56)58-42(4,5)6)38(54)49-24-29(45-37(53)34(50)18-17-26-13-9-8-10-14-26)20-32(49)36(52)44-28-19-27-15-11-12-16-31(27)43-22-28/h8-16,19,22,29-30,32-34,50H,17-18,20-21,23-25H2,1-7H3,(H,44,52)(H,45,53)(H,46,55)/t29-,30-,32+,33+,34-/m1/s1. The number of fused-ring (bicyclic) bond motifs is 1. The molecule has 0 spiro atoms. The maximum atomic E-state index is 14.7. The number of benzene rings is 2.